The normalized spacial score (nSPS) is 15.0. The van der Waals surface area contributed by atoms with Gasteiger partial charge in [0.2, 0.25) is 5.43 Å². The van der Waals surface area contributed by atoms with E-state index in [2.05, 4.69) is 0 Å². The van der Waals surface area contributed by atoms with E-state index >= 15 is 0 Å². The summed E-state index contributed by atoms with van der Waals surface area (Å²) in [7, 11) is 1.54. The lowest BCUT2D eigenvalue weighted by Crippen LogP contribution is -2.22. The average molecular weight is 458 g/mol. The van der Waals surface area contributed by atoms with Gasteiger partial charge < -0.3 is 24.1 Å². The molecule has 1 aromatic heterocycles. The number of benzene rings is 3. The van der Waals surface area contributed by atoms with Gasteiger partial charge in [-0.3, -0.25) is 9.59 Å². The Morgan fingerprint density at radius 2 is 1.76 bits per heavy atom. The van der Waals surface area contributed by atoms with E-state index in [0.717, 1.165) is 0 Å². The Hall–Kier alpha value is -4.59. The van der Waals surface area contributed by atoms with Gasteiger partial charge in [-0.25, -0.2) is 4.79 Å². The number of carbonyl (C=O) groups is 2. The summed E-state index contributed by atoms with van der Waals surface area (Å²) in [6.45, 7) is 0. The highest BCUT2D eigenvalue weighted by atomic mass is 16.5. The van der Waals surface area contributed by atoms with Gasteiger partial charge in [0.15, 0.2) is 0 Å². The molecule has 0 bridgehead atoms. The Morgan fingerprint density at radius 1 is 1.06 bits per heavy atom. The van der Waals surface area contributed by atoms with Crippen molar-refractivity contribution in [2.24, 2.45) is 0 Å². The van der Waals surface area contributed by atoms with Crippen LogP contribution in [0, 0.1) is 0 Å². The van der Waals surface area contributed by atoms with Crippen molar-refractivity contribution in [3.63, 3.8) is 0 Å². The number of phenolic OH excluding ortho intramolecular Hbond substituents is 1. The van der Waals surface area contributed by atoms with Crippen molar-refractivity contribution in [1.82, 2.24) is 0 Å². The predicted octanol–water partition coefficient (Wildman–Crippen LogP) is 4.31. The van der Waals surface area contributed by atoms with Gasteiger partial charge in [-0.15, -0.1) is 0 Å². The molecule has 0 amide bonds. The Balaban J connectivity index is 1.71. The van der Waals surface area contributed by atoms with Crippen LogP contribution in [0.5, 0.6) is 17.2 Å². The van der Waals surface area contributed by atoms with Gasteiger partial charge in [-0.2, -0.15) is 0 Å². The lowest BCUT2D eigenvalue weighted by atomic mass is 9.84. The fourth-order valence-corrected chi connectivity index (χ4v) is 4.24. The predicted molar refractivity (Wildman–Crippen MR) is 122 cm³/mol. The van der Waals surface area contributed by atoms with Gasteiger partial charge in [0.1, 0.15) is 34.5 Å². The number of aromatic hydroxyl groups is 1. The van der Waals surface area contributed by atoms with Crippen molar-refractivity contribution in [3.05, 3.63) is 87.8 Å². The number of phenols is 1. The SMILES string of the molecule is COc1ccc(-c2coc3c4c(cc(O)c3c2=O)OC(=O)CC4c2ccc(C(=O)O)cc2)cc1. The summed E-state index contributed by atoms with van der Waals surface area (Å²) in [6.07, 6.45) is 1.27. The van der Waals surface area contributed by atoms with Crippen LogP contribution in [0.4, 0.5) is 0 Å². The molecule has 8 nitrogen and oxygen atoms in total. The standard InChI is InChI=1S/C26H18O8/c1-32-16-8-6-14(7-9-16)18-12-33-25-22-17(13-2-4-15(5-3-13)26(30)31)10-21(28)34-20(22)11-19(27)23(25)24(18)29/h2-9,11-12,17,27H,10H2,1H3,(H,30,31). The highest BCUT2D eigenvalue weighted by molar-refractivity contribution is 5.94. The number of carbonyl (C=O) groups excluding carboxylic acids is 1. The van der Waals surface area contributed by atoms with Gasteiger partial charge in [-0.1, -0.05) is 24.3 Å². The number of hydrogen-bond acceptors (Lipinski definition) is 7. The molecule has 1 unspecified atom stereocenters. The molecule has 1 aliphatic rings. The number of carboxylic acids is 1. The molecule has 0 aliphatic carbocycles. The van der Waals surface area contributed by atoms with Crippen LogP contribution in [0.1, 0.15) is 33.8 Å². The minimum Gasteiger partial charge on any atom is -0.507 e. The molecule has 170 valence electrons. The van der Waals surface area contributed by atoms with Crippen LogP contribution in [0.25, 0.3) is 22.1 Å². The molecule has 0 saturated carbocycles. The van der Waals surface area contributed by atoms with E-state index in [9.17, 15) is 24.6 Å². The molecule has 2 heterocycles. The summed E-state index contributed by atoms with van der Waals surface area (Å²) < 4.78 is 16.4. The monoisotopic (exact) mass is 458 g/mol. The molecule has 1 atom stereocenters. The van der Waals surface area contributed by atoms with Crippen molar-refractivity contribution in [1.29, 1.82) is 0 Å². The zero-order valence-corrected chi connectivity index (χ0v) is 17.9. The van der Waals surface area contributed by atoms with Crippen molar-refractivity contribution in [2.75, 3.05) is 7.11 Å². The molecule has 1 aliphatic heterocycles. The zero-order chi connectivity index (χ0) is 24.0. The Kier molecular flexibility index (Phi) is 5.05. The lowest BCUT2D eigenvalue weighted by molar-refractivity contribution is -0.135. The number of carboxylic acid groups (broad SMARTS) is 1. The molecular formula is C26H18O8. The van der Waals surface area contributed by atoms with E-state index in [1.807, 2.05) is 0 Å². The number of hydrogen-bond donors (Lipinski definition) is 2. The van der Waals surface area contributed by atoms with Crippen LogP contribution < -0.4 is 14.9 Å². The second kappa shape index (κ2) is 8.08. The van der Waals surface area contributed by atoms with Crippen LogP contribution >= 0.6 is 0 Å². The number of methoxy groups -OCH3 is 1. The second-order valence-corrected chi connectivity index (χ2v) is 7.88. The molecule has 34 heavy (non-hydrogen) atoms. The van der Waals surface area contributed by atoms with Crippen molar-refractivity contribution >= 4 is 22.9 Å². The van der Waals surface area contributed by atoms with E-state index in [1.54, 1.807) is 43.5 Å². The quantitative estimate of drug-likeness (QED) is 0.343. The molecular weight excluding hydrogens is 440 g/mol. The minimum atomic E-state index is -1.07. The summed E-state index contributed by atoms with van der Waals surface area (Å²) in [6, 6.07) is 14.2. The smallest absolute Gasteiger partial charge is 0.335 e. The second-order valence-electron chi connectivity index (χ2n) is 7.88. The Labute approximate surface area is 192 Å². The third-order valence-electron chi connectivity index (χ3n) is 5.93. The van der Waals surface area contributed by atoms with Crippen molar-refractivity contribution in [2.45, 2.75) is 12.3 Å². The third-order valence-corrected chi connectivity index (χ3v) is 5.93. The number of esters is 1. The largest absolute Gasteiger partial charge is 0.507 e. The first-order valence-corrected chi connectivity index (χ1v) is 10.4. The molecule has 2 N–H and O–H groups in total. The number of ether oxygens (including phenoxy) is 2. The van der Waals surface area contributed by atoms with Crippen LogP contribution in [-0.4, -0.2) is 29.3 Å². The fraction of sp³-hybridized carbons (Fsp3) is 0.115. The first kappa shape index (κ1) is 21.3. The lowest BCUT2D eigenvalue weighted by Gasteiger charge is -2.26. The maximum Gasteiger partial charge on any atom is 0.335 e. The zero-order valence-electron chi connectivity index (χ0n) is 17.9. The highest BCUT2D eigenvalue weighted by Gasteiger charge is 2.33. The van der Waals surface area contributed by atoms with Gasteiger partial charge in [-0.05, 0) is 35.4 Å². The topological polar surface area (TPSA) is 123 Å². The molecule has 0 radical (unpaired) electrons. The van der Waals surface area contributed by atoms with Crippen LogP contribution in [0.15, 0.2) is 70.1 Å². The Bertz CT molecular complexity index is 1500. The van der Waals surface area contributed by atoms with Gasteiger partial charge in [0.25, 0.3) is 0 Å². The summed E-state index contributed by atoms with van der Waals surface area (Å²) >= 11 is 0. The minimum absolute atomic E-state index is 0.0304. The molecule has 0 saturated heterocycles. The maximum absolute atomic E-state index is 13.4. The van der Waals surface area contributed by atoms with Crippen LogP contribution in [0.2, 0.25) is 0 Å². The third kappa shape index (κ3) is 3.45. The summed E-state index contributed by atoms with van der Waals surface area (Å²) in [5.41, 5.74) is 1.70. The first-order chi connectivity index (χ1) is 16.4. The number of aromatic carboxylic acids is 1. The van der Waals surface area contributed by atoms with E-state index in [-0.39, 0.29) is 40.0 Å². The van der Waals surface area contributed by atoms with E-state index < -0.39 is 23.3 Å². The number of fused-ring (bicyclic) bond motifs is 3. The molecule has 3 aromatic carbocycles. The first-order valence-electron chi connectivity index (χ1n) is 10.4. The summed E-state index contributed by atoms with van der Waals surface area (Å²) in [5, 5.41) is 19.8. The fourth-order valence-electron chi connectivity index (χ4n) is 4.24. The van der Waals surface area contributed by atoms with Gasteiger partial charge >= 0.3 is 11.9 Å². The average Bonchev–Trinajstić information content (AvgIpc) is 2.83. The van der Waals surface area contributed by atoms with Crippen LogP contribution in [0.3, 0.4) is 0 Å². The van der Waals surface area contributed by atoms with E-state index in [4.69, 9.17) is 13.9 Å². The molecule has 0 spiro atoms. The van der Waals surface area contributed by atoms with Gasteiger partial charge in [0.05, 0.1) is 24.7 Å². The summed E-state index contributed by atoms with van der Waals surface area (Å²) in [5.74, 6) is -1.79. The molecule has 0 fully saturated rings. The number of rotatable bonds is 4. The van der Waals surface area contributed by atoms with Crippen molar-refractivity contribution in [3.8, 4) is 28.4 Å². The molecule has 5 rings (SSSR count). The summed E-state index contributed by atoms with van der Waals surface area (Å²) in [4.78, 5) is 36.9. The van der Waals surface area contributed by atoms with E-state index in [1.165, 1.54) is 24.5 Å². The Morgan fingerprint density at radius 3 is 2.41 bits per heavy atom. The van der Waals surface area contributed by atoms with Crippen LogP contribution in [-0.2, 0) is 4.79 Å². The molecule has 8 heteroatoms. The van der Waals surface area contributed by atoms with Gasteiger partial charge in [0, 0.05) is 17.5 Å². The maximum atomic E-state index is 13.4. The molecule has 4 aromatic rings. The highest BCUT2D eigenvalue weighted by Crippen LogP contribution is 2.45. The van der Waals surface area contributed by atoms with Crippen molar-refractivity contribution < 1.29 is 33.7 Å². The van der Waals surface area contributed by atoms with E-state index in [0.29, 0.717) is 22.4 Å².